The molecule has 0 radical (unpaired) electrons. The van der Waals surface area contributed by atoms with Crippen molar-refractivity contribution in [2.24, 2.45) is 0 Å². The van der Waals surface area contributed by atoms with Gasteiger partial charge in [-0.05, 0) is 86.3 Å². The van der Waals surface area contributed by atoms with E-state index in [9.17, 15) is 5.11 Å². The first-order valence-corrected chi connectivity index (χ1v) is 13.7. The molecule has 28 heavy (non-hydrogen) atoms. The molecule has 0 fully saturated rings. The van der Waals surface area contributed by atoms with Crippen LogP contribution >= 0.6 is 0 Å². The predicted molar refractivity (Wildman–Crippen MR) is 124 cm³/mol. The Morgan fingerprint density at radius 1 is 1.25 bits per heavy atom. The number of hydrogen-bond acceptors (Lipinski definition) is 2. The zero-order valence-corrected chi connectivity index (χ0v) is 20.0. The number of hydrogen-bond donors (Lipinski definition) is 1. The molecule has 2 unspecified atom stereocenters. The standard InChI is InChI=1S/C25H40O2Si/c1-19(12-9-8-10-15-23-20(2)16-17-24(23)26)21-13-11-14-22(18-21)27-28(6,7)25(3,4)5/h8-9,11,13-14,18-19,24,26H,10,12,15-17H2,1-7H3. The molecule has 0 heterocycles. The molecule has 0 saturated heterocycles. The van der Waals surface area contributed by atoms with E-state index < -0.39 is 8.32 Å². The van der Waals surface area contributed by atoms with Crippen LogP contribution in [0, 0.1) is 0 Å². The van der Waals surface area contributed by atoms with Crippen molar-refractivity contribution in [2.75, 3.05) is 0 Å². The minimum Gasteiger partial charge on any atom is -0.543 e. The average molecular weight is 401 g/mol. The van der Waals surface area contributed by atoms with Gasteiger partial charge >= 0.3 is 0 Å². The van der Waals surface area contributed by atoms with Crippen LogP contribution in [0.15, 0.2) is 47.6 Å². The second kappa shape index (κ2) is 9.45. The smallest absolute Gasteiger partial charge is 0.250 e. The zero-order chi connectivity index (χ0) is 20.9. The maximum absolute atomic E-state index is 10.0. The van der Waals surface area contributed by atoms with Crippen LogP contribution in [-0.2, 0) is 0 Å². The van der Waals surface area contributed by atoms with E-state index in [0.29, 0.717) is 5.92 Å². The van der Waals surface area contributed by atoms with E-state index in [0.717, 1.165) is 37.9 Å². The molecule has 1 aliphatic rings. The Bertz CT molecular complexity index is 710. The molecular weight excluding hydrogens is 360 g/mol. The van der Waals surface area contributed by atoms with E-state index in [1.807, 2.05) is 0 Å². The quantitative estimate of drug-likeness (QED) is 0.364. The Kier molecular flexibility index (Phi) is 7.75. The van der Waals surface area contributed by atoms with Crippen molar-refractivity contribution in [3.05, 3.63) is 53.1 Å². The van der Waals surface area contributed by atoms with Crippen LogP contribution in [0.2, 0.25) is 18.1 Å². The van der Waals surface area contributed by atoms with Crippen molar-refractivity contribution < 1.29 is 9.53 Å². The fourth-order valence-corrected chi connectivity index (χ4v) is 4.50. The van der Waals surface area contributed by atoms with Gasteiger partial charge in [-0.1, -0.05) is 57.6 Å². The van der Waals surface area contributed by atoms with E-state index in [1.165, 1.54) is 16.7 Å². The highest BCUT2D eigenvalue weighted by Gasteiger charge is 2.39. The van der Waals surface area contributed by atoms with Crippen molar-refractivity contribution in [2.45, 2.75) is 96.9 Å². The summed E-state index contributed by atoms with van der Waals surface area (Å²) in [6.07, 6.45) is 9.39. The predicted octanol–water partition coefficient (Wildman–Crippen LogP) is 7.37. The lowest BCUT2D eigenvalue weighted by Gasteiger charge is -2.36. The van der Waals surface area contributed by atoms with Crippen LogP contribution < -0.4 is 4.43 Å². The van der Waals surface area contributed by atoms with E-state index in [4.69, 9.17) is 4.43 Å². The van der Waals surface area contributed by atoms with Gasteiger partial charge in [-0.2, -0.15) is 0 Å². The number of rotatable bonds is 8. The summed E-state index contributed by atoms with van der Waals surface area (Å²) in [7, 11) is -1.80. The van der Waals surface area contributed by atoms with Crippen LogP contribution in [0.25, 0.3) is 0 Å². The second-order valence-electron chi connectivity index (χ2n) is 9.94. The molecule has 1 N–H and O–H groups in total. The molecule has 1 aliphatic carbocycles. The Morgan fingerprint density at radius 2 is 1.96 bits per heavy atom. The lowest BCUT2D eigenvalue weighted by molar-refractivity contribution is 0.208. The van der Waals surface area contributed by atoms with E-state index in [2.05, 4.69) is 84.1 Å². The molecule has 0 spiro atoms. The third-order valence-electron chi connectivity index (χ3n) is 6.59. The molecule has 0 aliphatic heterocycles. The Hall–Kier alpha value is -1.32. The Morgan fingerprint density at radius 3 is 2.57 bits per heavy atom. The summed E-state index contributed by atoms with van der Waals surface area (Å²) in [6.45, 7) is 15.9. The van der Waals surface area contributed by atoms with Crippen LogP contribution in [-0.4, -0.2) is 19.5 Å². The molecule has 156 valence electrons. The van der Waals surface area contributed by atoms with Gasteiger partial charge in [-0.15, -0.1) is 0 Å². The third kappa shape index (κ3) is 6.09. The molecule has 3 heteroatoms. The molecule has 2 atom stereocenters. The lowest BCUT2D eigenvalue weighted by atomic mass is 9.97. The van der Waals surface area contributed by atoms with Gasteiger partial charge in [0, 0.05) is 0 Å². The SMILES string of the molecule is CC1=C(CCC=CCC(C)c2cccc(O[Si](C)(C)C(C)(C)C)c2)C(O)CC1. The fourth-order valence-electron chi connectivity index (χ4n) is 3.48. The van der Waals surface area contributed by atoms with Crippen LogP contribution in [0.4, 0.5) is 0 Å². The Labute approximate surface area is 173 Å². The normalized spacial score (nSPS) is 19.5. The van der Waals surface area contributed by atoms with E-state index >= 15 is 0 Å². The minimum atomic E-state index is -1.80. The Balaban J connectivity index is 1.89. The topological polar surface area (TPSA) is 29.5 Å². The lowest BCUT2D eigenvalue weighted by Crippen LogP contribution is -2.43. The first kappa shape index (κ1) is 23.0. The van der Waals surface area contributed by atoms with Crippen molar-refractivity contribution in [1.29, 1.82) is 0 Å². The molecule has 0 saturated carbocycles. The van der Waals surface area contributed by atoms with Gasteiger partial charge in [-0.25, -0.2) is 0 Å². The zero-order valence-electron chi connectivity index (χ0n) is 19.0. The first-order valence-electron chi connectivity index (χ1n) is 10.8. The molecule has 2 nitrogen and oxygen atoms in total. The number of aliphatic hydroxyl groups is 1. The number of allylic oxidation sites excluding steroid dienone is 3. The summed E-state index contributed by atoms with van der Waals surface area (Å²) in [6, 6.07) is 8.65. The maximum atomic E-state index is 10.0. The fraction of sp³-hybridized carbons (Fsp3) is 0.600. The van der Waals surface area contributed by atoms with Crippen LogP contribution in [0.1, 0.15) is 78.2 Å². The summed E-state index contributed by atoms with van der Waals surface area (Å²) in [5.41, 5.74) is 4.01. The van der Waals surface area contributed by atoms with Gasteiger partial charge in [0.25, 0.3) is 0 Å². The van der Waals surface area contributed by atoms with Crippen LogP contribution in [0.5, 0.6) is 5.75 Å². The van der Waals surface area contributed by atoms with Crippen molar-refractivity contribution in [3.63, 3.8) is 0 Å². The monoisotopic (exact) mass is 400 g/mol. The number of benzene rings is 1. The van der Waals surface area contributed by atoms with Gasteiger partial charge in [-0.3, -0.25) is 0 Å². The van der Waals surface area contributed by atoms with Crippen molar-refractivity contribution >= 4 is 8.32 Å². The van der Waals surface area contributed by atoms with Gasteiger partial charge in [0.15, 0.2) is 0 Å². The summed E-state index contributed by atoms with van der Waals surface area (Å²) in [4.78, 5) is 0. The summed E-state index contributed by atoms with van der Waals surface area (Å²) >= 11 is 0. The molecule has 1 aromatic carbocycles. The van der Waals surface area contributed by atoms with E-state index in [-0.39, 0.29) is 11.1 Å². The molecular formula is C25H40O2Si. The van der Waals surface area contributed by atoms with Crippen molar-refractivity contribution in [3.8, 4) is 5.75 Å². The van der Waals surface area contributed by atoms with Gasteiger partial charge in [0.2, 0.25) is 8.32 Å². The largest absolute Gasteiger partial charge is 0.543 e. The molecule has 0 aromatic heterocycles. The van der Waals surface area contributed by atoms with Crippen molar-refractivity contribution in [1.82, 2.24) is 0 Å². The highest BCUT2D eigenvalue weighted by molar-refractivity contribution is 6.74. The highest BCUT2D eigenvalue weighted by atomic mass is 28.4. The third-order valence-corrected chi connectivity index (χ3v) is 10.9. The summed E-state index contributed by atoms with van der Waals surface area (Å²) in [5.74, 6) is 1.48. The van der Waals surface area contributed by atoms with Gasteiger partial charge in [0.05, 0.1) is 6.10 Å². The molecule has 0 amide bonds. The molecule has 2 rings (SSSR count). The molecule has 1 aromatic rings. The summed E-state index contributed by atoms with van der Waals surface area (Å²) in [5, 5.41) is 10.2. The van der Waals surface area contributed by atoms with Gasteiger partial charge < -0.3 is 9.53 Å². The van der Waals surface area contributed by atoms with Gasteiger partial charge in [0.1, 0.15) is 5.75 Å². The van der Waals surface area contributed by atoms with Crippen LogP contribution in [0.3, 0.4) is 0 Å². The highest BCUT2D eigenvalue weighted by Crippen LogP contribution is 2.38. The minimum absolute atomic E-state index is 0.198. The second-order valence-corrected chi connectivity index (χ2v) is 14.7. The first-order chi connectivity index (χ1) is 13.0. The summed E-state index contributed by atoms with van der Waals surface area (Å²) < 4.78 is 6.47. The van der Waals surface area contributed by atoms with E-state index in [1.54, 1.807) is 0 Å². The average Bonchev–Trinajstić information content (AvgIpc) is 2.92. The number of aliphatic hydroxyl groups excluding tert-OH is 1. The molecule has 0 bridgehead atoms. The maximum Gasteiger partial charge on any atom is 0.250 e.